The van der Waals surface area contributed by atoms with Crippen LogP contribution in [0.2, 0.25) is 0 Å². The molecule has 0 saturated carbocycles. The second-order valence-corrected chi connectivity index (χ2v) is 34.4. The topological polar surface area (TPSA) is 29.5 Å². The summed E-state index contributed by atoms with van der Waals surface area (Å²) in [4.78, 5) is 2.67. The number of para-hydroxylation sites is 3. The molecule has 15 aromatic rings. The summed E-state index contributed by atoms with van der Waals surface area (Å²) in [5.41, 5.74) is 38.8. The van der Waals surface area contributed by atoms with E-state index in [9.17, 15) is 0 Å². The quantitative estimate of drug-likeness (QED) is 0.0481. The lowest BCUT2D eigenvalue weighted by Crippen LogP contribution is -2.33. The Morgan fingerprint density at radius 2 is 0.628 bits per heavy atom. The summed E-state index contributed by atoms with van der Waals surface area (Å²) in [6.45, 7) is 9.51. The second-order valence-electron chi connectivity index (χ2n) is 34.4. The van der Waals surface area contributed by atoms with Gasteiger partial charge in [-0.05, 0) is 220 Å². The van der Waals surface area contributed by atoms with Crippen molar-refractivity contribution in [1.29, 1.82) is 0 Å². The van der Waals surface area contributed by atoms with Crippen LogP contribution in [0.1, 0.15) is 249 Å². The van der Waals surface area contributed by atoms with Crippen molar-refractivity contribution in [2.75, 3.05) is 4.90 Å². The maximum atomic E-state index is 7.65. The second kappa shape index (κ2) is 28.1. The van der Waals surface area contributed by atoms with E-state index in [0.717, 1.165) is 64.8 Å². The fourth-order valence-electron chi connectivity index (χ4n) is 23.7. The zero-order valence-corrected chi connectivity index (χ0v) is 66.6. The highest BCUT2D eigenvalue weighted by Crippen LogP contribution is 2.72. The summed E-state index contributed by atoms with van der Waals surface area (Å²) in [7, 11) is 0. The Morgan fingerprint density at radius 3 is 1.18 bits per heavy atom. The molecule has 6 aliphatic carbocycles. The van der Waals surface area contributed by atoms with E-state index in [1.165, 1.54) is 267 Å². The van der Waals surface area contributed by atoms with Gasteiger partial charge in [0.25, 0.3) is 0 Å². The van der Waals surface area contributed by atoms with E-state index in [1.807, 2.05) is 0 Å². The summed E-state index contributed by atoms with van der Waals surface area (Å²) < 4.78 is 14.6. The van der Waals surface area contributed by atoms with Gasteiger partial charge in [0.2, 0.25) is 0 Å². The standard InChI is InChI=1S/C110H103NO2/c1-5-9-13-17-38-64-107(65-39-18-14-10-6-2)86-51-31-28-48-80(86)103-105(107)104-101(102-83-50-30-37-57-97(83)113-106(102)103)81-61-59-73(68-92(81)108(104,66-40-19-15-11-7-3)67-41-20-16-12-8-4)111(72-42-22-21-23-43-72)74-58-60-79-84-70-95-85(71-94(84)110(93(79)69-74)89-54-34-26-46-77(89)78-47-27-35-55-90(78)110)99-91(62-63-98-100(99)82-49-29-36-56-96(82)112-98)109(95)87-52-32-24-44-75(87)76-45-25-33-53-88(76)109/h21-37,42-63,68-71H,5-20,38-41,64-67H2,1-4H3. The first-order valence-electron chi connectivity index (χ1n) is 43.7. The Bertz CT molecular complexity index is 6130. The molecular formula is C110H103NO2. The molecule has 3 nitrogen and oxygen atoms in total. The number of anilines is 3. The maximum absolute atomic E-state index is 7.65. The molecule has 3 heteroatoms. The summed E-state index contributed by atoms with van der Waals surface area (Å²) in [5, 5.41) is 4.91. The molecule has 21 rings (SSSR count). The number of hydrogen-bond donors (Lipinski definition) is 0. The van der Waals surface area contributed by atoms with E-state index in [-0.39, 0.29) is 10.8 Å². The molecule has 2 aromatic heterocycles. The number of rotatable bonds is 27. The van der Waals surface area contributed by atoms with Gasteiger partial charge in [0.1, 0.15) is 22.3 Å². The molecular weight excluding hydrogens is 1370 g/mol. The van der Waals surface area contributed by atoms with E-state index >= 15 is 0 Å². The van der Waals surface area contributed by atoms with Gasteiger partial charge in [-0.15, -0.1) is 0 Å². The molecule has 13 aromatic carbocycles. The van der Waals surface area contributed by atoms with E-state index in [2.05, 4.69) is 293 Å². The van der Waals surface area contributed by atoms with Crippen LogP contribution in [-0.2, 0) is 21.7 Å². The molecule has 113 heavy (non-hydrogen) atoms. The van der Waals surface area contributed by atoms with Gasteiger partial charge in [0.05, 0.1) is 10.8 Å². The minimum absolute atomic E-state index is 0.177. The molecule has 0 atom stereocenters. The largest absolute Gasteiger partial charge is 0.456 e. The van der Waals surface area contributed by atoms with Crippen molar-refractivity contribution in [2.45, 2.75) is 203 Å². The highest BCUT2D eigenvalue weighted by molar-refractivity contribution is 6.22. The normalized spacial score (nSPS) is 15.0. The minimum atomic E-state index is -0.682. The molecule has 0 aliphatic heterocycles. The van der Waals surface area contributed by atoms with Crippen LogP contribution in [0, 0.1) is 0 Å². The number of benzene rings is 13. The zero-order chi connectivity index (χ0) is 75.6. The predicted octanol–water partition coefficient (Wildman–Crippen LogP) is 31.6. The van der Waals surface area contributed by atoms with Crippen LogP contribution in [0.4, 0.5) is 17.1 Å². The van der Waals surface area contributed by atoms with Crippen LogP contribution in [0.15, 0.2) is 270 Å². The zero-order valence-electron chi connectivity index (χ0n) is 66.6. The molecule has 0 N–H and O–H groups in total. The average molecular weight is 1470 g/mol. The van der Waals surface area contributed by atoms with Gasteiger partial charge in [-0.1, -0.05) is 350 Å². The van der Waals surface area contributed by atoms with Gasteiger partial charge < -0.3 is 13.7 Å². The van der Waals surface area contributed by atoms with Gasteiger partial charge in [0.15, 0.2) is 0 Å². The van der Waals surface area contributed by atoms with Crippen LogP contribution in [0.3, 0.4) is 0 Å². The van der Waals surface area contributed by atoms with E-state index < -0.39 is 10.8 Å². The molecule has 2 heterocycles. The number of nitrogens with zero attached hydrogens (tertiary/aromatic N) is 1. The Labute approximate surface area is 668 Å². The first-order chi connectivity index (χ1) is 55.9. The number of hydrogen-bond acceptors (Lipinski definition) is 3. The molecule has 0 saturated heterocycles. The molecule has 0 unspecified atom stereocenters. The SMILES string of the molecule is CCCCCCCC1(CCCCCCC)c2ccccc2-c2c1c1c(c3c2oc2ccccc23)-c2ccc(N(c3ccccc3)c3ccc4c(c3)C3(c5ccccc5-c5ccccc53)c3cc5c(cc3-4)C3(c4ccccc4-c4ccccc43)c3ccc4oc6ccccc6c4c3-5)cc2C1(CCCCCCC)CCCCCCC. The van der Waals surface area contributed by atoms with Crippen molar-refractivity contribution in [2.24, 2.45) is 0 Å². The first kappa shape index (κ1) is 70.1. The number of unbranched alkanes of at least 4 members (excludes halogenated alkanes) is 16. The highest BCUT2D eigenvalue weighted by Gasteiger charge is 2.58. The van der Waals surface area contributed by atoms with Crippen LogP contribution in [-0.4, -0.2) is 0 Å². The minimum Gasteiger partial charge on any atom is -0.456 e. The lowest BCUT2D eigenvalue weighted by Gasteiger charge is -2.40. The first-order valence-corrected chi connectivity index (χ1v) is 43.7. The van der Waals surface area contributed by atoms with Gasteiger partial charge in [-0.3, -0.25) is 0 Å². The van der Waals surface area contributed by atoms with E-state index in [4.69, 9.17) is 8.83 Å². The van der Waals surface area contributed by atoms with Crippen molar-refractivity contribution >= 4 is 60.9 Å². The lowest BCUT2D eigenvalue weighted by atomic mass is 9.62. The van der Waals surface area contributed by atoms with Crippen LogP contribution in [0.5, 0.6) is 0 Å². The fraction of sp³-hybridized carbons (Fsp3) is 0.291. The summed E-state index contributed by atoms with van der Waals surface area (Å²) in [5.74, 6) is 0. The van der Waals surface area contributed by atoms with Gasteiger partial charge in [-0.2, -0.15) is 0 Å². The summed E-state index contributed by atoms with van der Waals surface area (Å²) in [6, 6.07) is 102. The summed E-state index contributed by atoms with van der Waals surface area (Å²) in [6.07, 6.45) is 29.5. The van der Waals surface area contributed by atoms with Gasteiger partial charge in [0, 0.05) is 55.0 Å². The van der Waals surface area contributed by atoms with Gasteiger partial charge in [-0.25, -0.2) is 0 Å². The van der Waals surface area contributed by atoms with Gasteiger partial charge >= 0.3 is 0 Å². The Balaban J connectivity index is 0.821. The third-order valence-electron chi connectivity index (χ3n) is 28.4. The molecule has 0 fully saturated rings. The van der Waals surface area contributed by atoms with Crippen molar-refractivity contribution in [3.63, 3.8) is 0 Å². The smallest absolute Gasteiger partial charge is 0.144 e. The fourth-order valence-corrected chi connectivity index (χ4v) is 23.7. The molecule has 0 amide bonds. The van der Waals surface area contributed by atoms with Crippen LogP contribution < -0.4 is 4.90 Å². The van der Waals surface area contributed by atoms with E-state index in [1.54, 1.807) is 16.7 Å². The molecule has 0 bridgehead atoms. The number of furan rings is 2. The molecule has 560 valence electrons. The molecule has 6 aliphatic rings. The summed E-state index contributed by atoms with van der Waals surface area (Å²) >= 11 is 0. The predicted molar refractivity (Wildman–Crippen MR) is 474 cm³/mol. The third kappa shape index (κ3) is 10.2. The third-order valence-corrected chi connectivity index (χ3v) is 28.4. The Kier molecular flexibility index (Phi) is 17.5. The van der Waals surface area contributed by atoms with Crippen molar-refractivity contribution in [3.05, 3.63) is 328 Å². The Morgan fingerprint density at radius 1 is 0.239 bits per heavy atom. The lowest BCUT2D eigenvalue weighted by molar-refractivity contribution is 0.369. The van der Waals surface area contributed by atoms with Crippen molar-refractivity contribution in [3.8, 4) is 66.8 Å². The van der Waals surface area contributed by atoms with Crippen LogP contribution >= 0.6 is 0 Å². The van der Waals surface area contributed by atoms with E-state index in [0.29, 0.717) is 0 Å². The number of fused-ring (bicyclic) bond motifs is 36. The van der Waals surface area contributed by atoms with Crippen molar-refractivity contribution < 1.29 is 8.83 Å². The monoisotopic (exact) mass is 1470 g/mol. The average Bonchev–Trinajstić information content (AvgIpc) is 1.49. The van der Waals surface area contributed by atoms with Crippen LogP contribution in [0.25, 0.3) is 111 Å². The maximum Gasteiger partial charge on any atom is 0.144 e. The molecule has 2 spiro atoms. The Hall–Kier alpha value is -10.7. The molecule has 0 radical (unpaired) electrons. The van der Waals surface area contributed by atoms with Crippen molar-refractivity contribution in [1.82, 2.24) is 0 Å². The highest BCUT2D eigenvalue weighted by atomic mass is 16.3.